The first kappa shape index (κ1) is 14.3. The Hall–Kier alpha value is -1.13. The van der Waals surface area contributed by atoms with Crippen LogP contribution in [0.3, 0.4) is 0 Å². The molecule has 4 nitrogen and oxygen atoms in total. The Bertz CT molecular complexity index is 423. The van der Waals surface area contributed by atoms with Crippen molar-refractivity contribution >= 4 is 0 Å². The van der Waals surface area contributed by atoms with Crippen LogP contribution < -0.4 is 0 Å². The number of pyridine rings is 1. The summed E-state index contributed by atoms with van der Waals surface area (Å²) in [6.45, 7) is 3.40. The zero-order chi connectivity index (χ0) is 13.8. The number of aliphatic hydroxyl groups is 1. The molecule has 1 saturated carbocycles. The van der Waals surface area contributed by atoms with Crippen molar-refractivity contribution < 1.29 is 10.2 Å². The Morgan fingerprint density at radius 2 is 2.05 bits per heavy atom. The molecule has 1 aliphatic rings. The number of hydrogen-bond acceptors (Lipinski definition) is 4. The summed E-state index contributed by atoms with van der Waals surface area (Å²) < 4.78 is 0. The lowest BCUT2D eigenvalue weighted by atomic mass is 9.86. The molecule has 1 aromatic heterocycles. The molecule has 4 heteroatoms. The maximum absolute atomic E-state index is 9.99. The van der Waals surface area contributed by atoms with Crippen LogP contribution in [0.1, 0.15) is 37.1 Å². The van der Waals surface area contributed by atoms with E-state index in [0.717, 1.165) is 31.5 Å². The first-order valence-electron chi connectivity index (χ1n) is 7.08. The Morgan fingerprint density at radius 3 is 2.79 bits per heavy atom. The third-order valence-electron chi connectivity index (χ3n) is 3.92. The van der Waals surface area contributed by atoms with Crippen LogP contribution in [0.5, 0.6) is 5.75 Å². The smallest absolute Gasteiger partial charge is 0.138 e. The third-order valence-corrected chi connectivity index (χ3v) is 3.92. The van der Waals surface area contributed by atoms with E-state index in [4.69, 9.17) is 0 Å². The minimum Gasteiger partial charge on any atom is -0.506 e. The highest BCUT2D eigenvalue weighted by atomic mass is 16.3. The molecule has 0 aliphatic heterocycles. The number of aryl methyl sites for hydroxylation is 1. The quantitative estimate of drug-likeness (QED) is 0.874. The van der Waals surface area contributed by atoms with E-state index in [1.54, 1.807) is 6.07 Å². The van der Waals surface area contributed by atoms with Crippen LogP contribution in [0.25, 0.3) is 0 Å². The molecule has 2 atom stereocenters. The molecule has 19 heavy (non-hydrogen) atoms. The second-order valence-corrected chi connectivity index (χ2v) is 5.73. The summed E-state index contributed by atoms with van der Waals surface area (Å²) in [7, 11) is 2.02. The largest absolute Gasteiger partial charge is 0.506 e. The summed E-state index contributed by atoms with van der Waals surface area (Å²) in [5.74, 6) is 0.604. The van der Waals surface area contributed by atoms with Crippen molar-refractivity contribution in [2.75, 3.05) is 13.6 Å². The van der Waals surface area contributed by atoms with Gasteiger partial charge in [-0.05, 0) is 44.9 Å². The number of rotatable bonds is 4. The predicted octanol–water partition coefficient (Wildman–Crippen LogP) is 2.08. The fourth-order valence-corrected chi connectivity index (χ4v) is 2.84. The summed E-state index contributed by atoms with van der Waals surface area (Å²) >= 11 is 0. The summed E-state index contributed by atoms with van der Waals surface area (Å²) in [5, 5.41) is 19.8. The number of aliphatic hydroxyl groups excluding tert-OH is 1. The SMILES string of the molecule is Cc1ccc(O)c(CN(C)CC2CCCCC2O)n1. The molecule has 0 amide bonds. The summed E-state index contributed by atoms with van der Waals surface area (Å²) in [5.41, 5.74) is 1.63. The Labute approximate surface area is 115 Å². The second kappa shape index (κ2) is 6.35. The van der Waals surface area contributed by atoms with Crippen molar-refractivity contribution in [3.63, 3.8) is 0 Å². The van der Waals surface area contributed by atoms with Gasteiger partial charge in [0.05, 0.1) is 11.8 Å². The van der Waals surface area contributed by atoms with Crippen molar-refractivity contribution in [1.82, 2.24) is 9.88 Å². The number of aromatic nitrogens is 1. The molecule has 106 valence electrons. The van der Waals surface area contributed by atoms with Crippen LogP contribution in [0.2, 0.25) is 0 Å². The van der Waals surface area contributed by atoms with Gasteiger partial charge in [0, 0.05) is 18.8 Å². The number of nitrogens with zero attached hydrogens (tertiary/aromatic N) is 2. The zero-order valence-corrected chi connectivity index (χ0v) is 11.8. The molecule has 1 aromatic rings. The summed E-state index contributed by atoms with van der Waals surface area (Å²) in [6.07, 6.45) is 4.20. The molecule has 1 aliphatic carbocycles. The predicted molar refractivity (Wildman–Crippen MR) is 74.9 cm³/mol. The van der Waals surface area contributed by atoms with E-state index < -0.39 is 0 Å². The van der Waals surface area contributed by atoms with Gasteiger partial charge in [-0.2, -0.15) is 0 Å². The van der Waals surface area contributed by atoms with Crippen molar-refractivity contribution in [3.8, 4) is 5.75 Å². The average molecular weight is 264 g/mol. The third kappa shape index (κ3) is 3.91. The van der Waals surface area contributed by atoms with Crippen LogP contribution >= 0.6 is 0 Å². The van der Waals surface area contributed by atoms with E-state index in [1.165, 1.54) is 6.42 Å². The Balaban J connectivity index is 1.93. The van der Waals surface area contributed by atoms with Crippen LogP contribution in [0, 0.1) is 12.8 Å². The fourth-order valence-electron chi connectivity index (χ4n) is 2.84. The topological polar surface area (TPSA) is 56.6 Å². The molecule has 0 bridgehead atoms. The lowest BCUT2D eigenvalue weighted by Gasteiger charge is -2.31. The first-order valence-corrected chi connectivity index (χ1v) is 7.08. The Kier molecular flexibility index (Phi) is 4.77. The van der Waals surface area contributed by atoms with Gasteiger partial charge in [-0.15, -0.1) is 0 Å². The number of hydrogen-bond donors (Lipinski definition) is 2. The minimum absolute atomic E-state index is 0.171. The molecule has 0 spiro atoms. The normalized spacial score (nSPS) is 23.8. The van der Waals surface area contributed by atoms with Gasteiger partial charge in [0.15, 0.2) is 0 Å². The van der Waals surface area contributed by atoms with Crippen molar-refractivity contribution in [2.45, 2.75) is 45.3 Å². The first-order chi connectivity index (χ1) is 9.06. The maximum atomic E-state index is 9.99. The number of aromatic hydroxyl groups is 1. The van der Waals surface area contributed by atoms with Crippen LogP contribution in [-0.2, 0) is 6.54 Å². The molecule has 1 fully saturated rings. The van der Waals surface area contributed by atoms with Gasteiger partial charge in [-0.3, -0.25) is 4.98 Å². The molecular formula is C15H24N2O2. The molecule has 2 rings (SSSR count). The van der Waals surface area contributed by atoms with E-state index in [2.05, 4.69) is 9.88 Å². The van der Waals surface area contributed by atoms with Gasteiger partial charge in [0.1, 0.15) is 5.75 Å². The van der Waals surface area contributed by atoms with E-state index in [0.29, 0.717) is 18.2 Å². The standard InChI is InChI=1S/C15H24N2O2/c1-11-7-8-15(19)13(16-11)10-17(2)9-12-5-3-4-6-14(12)18/h7-8,12,14,18-19H,3-6,9-10H2,1-2H3. The van der Waals surface area contributed by atoms with Gasteiger partial charge in [-0.25, -0.2) is 0 Å². The van der Waals surface area contributed by atoms with E-state index in [9.17, 15) is 10.2 Å². The van der Waals surface area contributed by atoms with E-state index >= 15 is 0 Å². The molecule has 2 N–H and O–H groups in total. The van der Waals surface area contributed by atoms with Crippen LogP contribution in [-0.4, -0.2) is 39.8 Å². The van der Waals surface area contributed by atoms with Gasteiger partial charge in [0.2, 0.25) is 0 Å². The lowest BCUT2D eigenvalue weighted by Crippen LogP contribution is -2.34. The van der Waals surface area contributed by atoms with Gasteiger partial charge in [-0.1, -0.05) is 12.8 Å². The van der Waals surface area contributed by atoms with Crippen molar-refractivity contribution in [3.05, 3.63) is 23.5 Å². The highest BCUT2D eigenvalue weighted by Gasteiger charge is 2.24. The van der Waals surface area contributed by atoms with Crippen LogP contribution in [0.4, 0.5) is 0 Å². The second-order valence-electron chi connectivity index (χ2n) is 5.73. The van der Waals surface area contributed by atoms with Gasteiger partial charge in [0.25, 0.3) is 0 Å². The molecule has 1 heterocycles. The molecule has 2 unspecified atom stereocenters. The fraction of sp³-hybridized carbons (Fsp3) is 0.667. The Morgan fingerprint density at radius 1 is 1.32 bits per heavy atom. The zero-order valence-electron chi connectivity index (χ0n) is 11.8. The molecule has 0 radical (unpaired) electrons. The molecule has 0 aromatic carbocycles. The summed E-state index contributed by atoms with van der Waals surface area (Å²) in [4.78, 5) is 6.51. The van der Waals surface area contributed by atoms with E-state index in [1.807, 2.05) is 20.0 Å². The maximum Gasteiger partial charge on any atom is 0.138 e. The lowest BCUT2D eigenvalue weighted by molar-refractivity contribution is 0.0498. The van der Waals surface area contributed by atoms with Gasteiger partial charge >= 0.3 is 0 Å². The van der Waals surface area contributed by atoms with E-state index in [-0.39, 0.29) is 11.9 Å². The average Bonchev–Trinajstić information content (AvgIpc) is 2.37. The van der Waals surface area contributed by atoms with Crippen molar-refractivity contribution in [2.24, 2.45) is 5.92 Å². The molecular weight excluding hydrogens is 240 g/mol. The minimum atomic E-state index is -0.171. The highest BCUT2D eigenvalue weighted by molar-refractivity contribution is 5.27. The van der Waals surface area contributed by atoms with Crippen LogP contribution in [0.15, 0.2) is 12.1 Å². The van der Waals surface area contributed by atoms with Gasteiger partial charge < -0.3 is 15.1 Å². The molecule has 0 saturated heterocycles. The monoisotopic (exact) mass is 264 g/mol. The highest BCUT2D eigenvalue weighted by Crippen LogP contribution is 2.25. The van der Waals surface area contributed by atoms with Crippen molar-refractivity contribution in [1.29, 1.82) is 0 Å². The summed E-state index contributed by atoms with van der Waals surface area (Å²) in [6, 6.07) is 3.50.